The zero-order valence-corrected chi connectivity index (χ0v) is 13.4. The molecule has 0 spiro atoms. The summed E-state index contributed by atoms with van der Waals surface area (Å²) in [4.78, 5) is 11.0. The number of carboxylic acid groups (broad SMARTS) is 1. The monoisotopic (exact) mass is 301 g/mol. The highest BCUT2D eigenvalue weighted by molar-refractivity contribution is 5.70. The smallest absolute Gasteiger partial charge is 0.306 e. The fraction of sp³-hybridized carbons (Fsp3) is 0.632. The quantitative estimate of drug-likeness (QED) is 0.891. The van der Waals surface area contributed by atoms with E-state index in [1.54, 1.807) is 0 Å². The Balaban J connectivity index is 1.59. The van der Waals surface area contributed by atoms with Crippen LogP contribution in [0.1, 0.15) is 62.5 Å². The highest BCUT2D eigenvalue weighted by atomic mass is 16.4. The van der Waals surface area contributed by atoms with Gasteiger partial charge in [0.05, 0.1) is 5.92 Å². The Morgan fingerprint density at radius 1 is 1.18 bits per heavy atom. The van der Waals surface area contributed by atoms with Gasteiger partial charge >= 0.3 is 5.97 Å². The molecule has 1 unspecified atom stereocenters. The van der Waals surface area contributed by atoms with E-state index in [1.807, 2.05) is 0 Å². The SMILES string of the molecule is C[C@@H](NC1CCC(C(=O)O)CC1)C1CCCc2ccccc21. The van der Waals surface area contributed by atoms with Gasteiger partial charge in [0.15, 0.2) is 0 Å². The van der Waals surface area contributed by atoms with Gasteiger partial charge in [-0.05, 0) is 68.9 Å². The van der Waals surface area contributed by atoms with Gasteiger partial charge in [-0.3, -0.25) is 4.79 Å². The van der Waals surface area contributed by atoms with Crippen molar-refractivity contribution in [3.05, 3.63) is 35.4 Å². The summed E-state index contributed by atoms with van der Waals surface area (Å²) in [6, 6.07) is 9.81. The number of aliphatic carboxylic acids is 1. The van der Waals surface area contributed by atoms with Gasteiger partial charge in [0, 0.05) is 12.1 Å². The summed E-state index contributed by atoms with van der Waals surface area (Å²) in [5.41, 5.74) is 3.04. The van der Waals surface area contributed by atoms with Crippen LogP contribution in [-0.2, 0) is 11.2 Å². The zero-order valence-electron chi connectivity index (χ0n) is 13.4. The van der Waals surface area contributed by atoms with E-state index in [0.29, 0.717) is 18.0 Å². The van der Waals surface area contributed by atoms with Gasteiger partial charge in [-0.2, -0.15) is 0 Å². The van der Waals surface area contributed by atoms with Crippen LogP contribution in [0.25, 0.3) is 0 Å². The molecule has 1 fully saturated rings. The molecule has 0 saturated heterocycles. The molecule has 2 aliphatic carbocycles. The predicted molar refractivity (Wildman–Crippen MR) is 88.1 cm³/mol. The van der Waals surface area contributed by atoms with Crippen LogP contribution in [0.3, 0.4) is 0 Å². The van der Waals surface area contributed by atoms with E-state index in [-0.39, 0.29) is 5.92 Å². The van der Waals surface area contributed by atoms with E-state index in [9.17, 15) is 4.79 Å². The highest BCUT2D eigenvalue weighted by Gasteiger charge is 2.30. The highest BCUT2D eigenvalue weighted by Crippen LogP contribution is 2.34. The summed E-state index contributed by atoms with van der Waals surface area (Å²) in [7, 11) is 0. The number of hydrogen-bond acceptors (Lipinski definition) is 2. The molecular formula is C19H27NO2. The topological polar surface area (TPSA) is 49.3 Å². The fourth-order valence-corrected chi connectivity index (χ4v) is 4.31. The van der Waals surface area contributed by atoms with E-state index < -0.39 is 5.97 Å². The first-order valence-corrected chi connectivity index (χ1v) is 8.72. The molecule has 2 atom stereocenters. The number of carbonyl (C=O) groups is 1. The Morgan fingerprint density at radius 2 is 1.91 bits per heavy atom. The Hall–Kier alpha value is -1.35. The van der Waals surface area contributed by atoms with E-state index in [2.05, 4.69) is 36.5 Å². The molecule has 22 heavy (non-hydrogen) atoms. The largest absolute Gasteiger partial charge is 0.481 e. The summed E-state index contributed by atoms with van der Waals surface area (Å²) in [5, 5.41) is 12.9. The lowest BCUT2D eigenvalue weighted by Crippen LogP contribution is -2.43. The third-order valence-electron chi connectivity index (χ3n) is 5.59. The van der Waals surface area contributed by atoms with Crippen molar-refractivity contribution in [2.45, 2.75) is 69.9 Å². The molecule has 3 heteroatoms. The van der Waals surface area contributed by atoms with E-state index in [4.69, 9.17) is 5.11 Å². The maximum atomic E-state index is 11.0. The number of hydrogen-bond donors (Lipinski definition) is 2. The molecule has 3 nitrogen and oxygen atoms in total. The van der Waals surface area contributed by atoms with Gasteiger partial charge in [0.25, 0.3) is 0 Å². The second-order valence-corrected chi connectivity index (χ2v) is 7.04. The molecule has 2 aliphatic rings. The van der Waals surface area contributed by atoms with Crippen molar-refractivity contribution in [2.24, 2.45) is 5.92 Å². The van der Waals surface area contributed by atoms with E-state index >= 15 is 0 Å². The lowest BCUT2D eigenvalue weighted by atomic mass is 9.78. The summed E-state index contributed by atoms with van der Waals surface area (Å²) in [6.45, 7) is 2.30. The van der Waals surface area contributed by atoms with Crippen molar-refractivity contribution in [3.8, 4) is 0 Å². The minimum atomic E-state index is -0.618. The summed E-state index contributed by atoms with van der Waals surface area (Å²) >= 11 is 0. The van der Waals surface area contributed by atoms with Crippen LogP contribution in [-0.4, -0.2) is 23.2 Å². The summed E-state index contributed by atoms with van der Waals surface area (Å²) < 4.78 is 0. The Kier molecular flexibility index (Phi) is 4.82. The Bertz CT molecular complexity index is 520. The van der Waals surface area contributed by atoms with Crippen molar-refractivity contribution in [1.29, 1.82) is 0 Å². The number of benzene rings is 1. The van der Waals surface area contributed by atoms with Crippen molar-refractivity contribution in [1.82, 2.24) is 5.32 Å². The third-order valence-corrected chi connectivity index (χ3v) is 5.59. The van der Waals surface area contributed by atoms with Crippen molar-refractivity contribution < 1.29 is 9.90 Å². The molecule has 0 heterocycles. The normalized spacial score (nSPS) is 29.6. The number of rotatable bonds is 4. The average Bonchev–Trinajstić information content (AvgIpc) is 2.54. The summed E-state index contributed by atoms with van der Waals surface area (Å²) in [6.07, 6.45) is 7.38. The van der Waals surface area contributed by atoms with Gasteiger partial charge < -0.3 is 10.4 Å². The summed E-state index contributed by atoms with van der Waals surface area (Å²) in [5.74, 6) is -0.140. The molecule has 120 valence electrons. The maximum absolute atomic E-state index is 11.0. The number of nitrogens with one attached hydrogen (secondary N) is 1. The van der Waals surface area contributed by atoms with Crippen LogP contribution in [0.4, 0.5) is 0 Å². The van der Waals surface area contributed by atoms with Crippen molar-refractivity contribution in [3.63, 3.8) is 0 Å². The molecule has 0 bridgehead atoms. The van der Waals surface area contributed by atoms with Crippen LogP contribution < -0.4 is 5.32 Å². The van der Waals surface area contributed by atoms with Crippen LogP contribution in [0.15, 0.2) is 24.3 Å². The van der Waals surface area contributed by atoms with Crippen LogP contribution in [0.2, 0.25) is 0 Å². The standard InChI is InChI=1S/C19H27NO2/c1-13(20-16-11-9-15(10-12-16)19(21)22)17-8-4-6-14-5-2-3-7-18(14)17/h2-3,5,7,13,15-17,20H,4,6,8-12H2,1H3,(H,21,22)/t13-,15?,16?,17?/m1/s1. The molecule has 0 aliphatic heterocycles. The zero-order chi connectivity index (χ0) is 15.5. The second-order valence-electron chi connectivity index (χ2n) is 7.04. The fourth-order valence-electron chi connectivity index (χ4n) is 4.31. The molecular weight excluding hydrogens is 274 g/mol. The molecule has 0 amide bonds. The molecule has 2 N–H and O–H groups in total. The first-order chi connectivity index (χ1) is 10.6. The van der Waals surface area contributed by atoms with Crippen molar-refractivity contribution in [2.75, 3.05) is 0 Å². The van der Waals surface area contributed by atoms with E-state index in [1.165, 1.54) is 30.4 Å². The van der Waals surface area contributed by atoms with Gasteiger partial charge in [0.1, 0.15) is 0 Å². The van der Waals surface area contributed by atoms with Crippen LogP contribution in [0.5, 0.6) is 0 Å². The van der Waals surface area contributed by atoms with Gasteiger partial charge in [-0.15, -0.1) is 0 Å². The average molecular weight is 301 g/mol. The minimum Gasteiger partial charge on any atom is -0.481 e. The lowest BCUT2D eigenvalue weighted by molar-refractivity contribution is -0.142. The Morgan fingerprint density at radius 3 is 2.64 bits per heavy atom. The Labute approximate surface area is 133 Å². The van der Waals surface area contributed by atoms with Gasteiger partial charge in [-0.1, -0.05) is 24.3 Å². The maximum Gasteiger partial charge on any atom is 0.306 e. The van der Waals surface area contributed by atoms with Crippen LogP contribution >= 0.6 is 0 Å². The van der Waals surface area contributed by atoms with Crippen LogP contribution in [0, 0.1) is 5.92 Å². The van der Waals surface area contributed by atoms with Gasteiger partial charge in [-0.25, -0.2) is 0 Å². The number of carboxylic acids is 1. The van der Waals surface area contributed by atoms with Gasteiger partial charge in [0.2, 0.25) is 0 Å². The molecule has 1 aromatic carbocycles. The number of aryl methyl sites for hydroxylation is 1. The minimum absolute atomic E-state index is 0.122. The van der Waals surface area contributed by atoms with E-state index in [0.717, 1.165) is 25.7 Å². The molecule has 3 rings (SSSR count). The predicted octanol–water partition coefficient (Wildman–Crippen LogP) is 3.73. The first-order valence-electron chi connectivity index (χ1n) is 8.72. The molecule has 1 aromatic rings. The first kappa shape index (κ1) is 15.5. The molecule has 0 radical (unpaired) electrons. The third kappa shape index (κ3) is 3.35. The lowest BCUT2D eigenvalue weighted by Gasteiger charge is -2.35. The second kappa shape index (κ2) is 6.82. The van der Waals surface area contributed by atoms with Crippen molar-refractivity contribution >= 4 is 5.97 Å². The molecule has 0 aromatic heterocycles. The number of fused-ring (bicyclic) bond motifs is 1. The molecule has 1 saturated carbocycles.